The molecule has 1 amide bonds. The van der Waals surface area contributed by atoms with Crippen molar-refractivity contribution in [1.82, 2.24) is 25.0 Å². The Kier molecular flexibility index (Phi) is 6.50. The van der Waals surface area contributed by atoms with Gasteiger partial charge in [0.15, 0.2) is 5.82 Å². The van der Waals surface area contributed by atoms with Gasteiger partial charge in [0.1, 0.15) is 5.82 Å². The van der Waals surface area contributed by atoms with Crippen LogP contribution >= 0.6 is 11.6 Å². The number of hydrogen-bond donors (Lipinski definition) is 1. The van der Waals surface area contributed by atoms with Crippen molar-refractivity contribution < 1.29 is 4.79 Å². The van der Waals surface area contributed by atoms with Gasteiger partial charge < -0.3 is 9.88 Å². The van der Waals surface area contributed by atoms with Gasteiger partial charge in [-0.05, 0) is 30.0 Å². The molecular weight excluding hydrogens is 362 g/mol. The highest BCUT2D eigenvalue weighted by Crippen LogP contribution is 2.22. The van der Waals surface area contributed by atoms with Gasteiger partial charge in [0.05, 0.1) is 6.04 Å². The van der Waals surface area contributed by atoms with Crippen LogP contribution in [0.2, 0.25) is 5.02 Å². The molecular formula is C20H28ClN5O. The minimum absolute atomic E-state index is 0.0315. The standard InChI is InChI=1S/C20H28ClN5O/c1-14(2)12-18(22-15(3)27)20-24-23-19-8-9-25(10-11-26(19)20)13-16-4-6-17(21)7-5-16/h4-7,14,18H,8-13H2,1-3H3,(H,22,27). The van der Waals surface area contributed by atoms with Gasteiger partial charge in [0.25, 0.3) is 0 Å². The maximum Gasteiger partial charge on any atom is 0.217 e. The number of nitrogens with zero attached hydrogens (tertiary/aromatic N) is 4. The lowest BCUT2D eigenvalue weighted by atomic mass is 10.0. The van der Waals surface area contributed by atoms with Gasteiger partial charge in [0, 0.05) is 44.5 Å². The topological polar surface area (TPSA) is 63.1 Å². The molecule has 0 bridgehead atoms. The second-order valence-electron chi connectivity index (χ2n) is 7.66. The zero-order chi connectivity index (χ0) is 19.4. The van der Waals surface area contributed by atoms with E-state index < -0.39 is 0 Å². The van der Waals surface area contributed by atoms with E-state index in [2.05, 4.69) is 51.0 Å². The van der Waals surface area contributed by atoms with Crippen LogP contribution in [0.3, 0.4) is 0 Å². The molecule has 6 nitrogen and oxygen atoms in total. The number of hydrogen-bond acceptors (Lipinski definition) is 4. The lowest BCUT2D eigenvalue weighted by molar-refractivity contribution is -0.119. The molecule has 1 aliphatic heterocycles. The Labute approximate surface area is 165 Å². The van der Waals surface area contributed by atoms with Crippen LogP contribution in [-0.4, -0.2) is 38.7 Å². The number of amides is 1. The van der Waals surface area contributed by atoms with Crippen LogP contribution in [0.4, 0.5) is 0 Å². The average molecular weight is 390 g/mol. The fraction of sp³-hybridized carbons (Fsp3) is 0.550. The number of fused-ring (bicyclic) bond motifs is 1. The van der Waals surface area contributed by atoms with Crippen molar-refractivity contribution in [2.75, 3.05) is 13.1 Å². The van der Waals surface area contributed by atoms with Crippen LogP contribution < -0.4 is 5.32 Å². The first kappa shape index (κ1) is 19.8. The Morgan fingerprint density at radius 1 is 1.19 bits per heavy atom. The quantitative estimate of drug-likeness (QED) is 0.823. The Bertz CT molecular complexity index is 771. The summed E-state index contributed by atoms with van der Waals surface area (Å²) in [5.41, 5.74) is 1.26. The van der Waals surface area contributed by atoms with Crippen molar-refractivity contribution in [3.8, 4) is 0 Å². The van der Waals surface area contributed by atoms with Gasteiger partial charge in [0.2, 0.25) is 5.91 Å². The predicted molar refractivity (Wildman–Crippen MR) is 106 cm³/mol. The molecule has 2 heterocycles. The predicted octanol–water partition coefficient (Wildman–Crippen LogP) is 3.21. The van der Waals surface area contributed by atoms with Crippen LogP contribution in [0.15, 0.2) is 24.3 Å². The Balaban J connectivity index is 1.72. The van der Waals surface area contributed by atoms with Crippen molar-refractivity contribution in [1.29, 1.82) is 0 Å². The Hall–Kier alpha value is -1.92. The fourth-order valence-electron chi connectivity index (χ4n) is 3.60. The van der Waals surface area contributed by atoms with E-state index in [0.29, 0.717) is 5.92 Å². The van der Waals surface area contributed by atoms with Gasteiger partial charge in [-0.25, -0.2) is 0 Å². The van der Waals surface area contributed by atoms with Gasteiger partial charge >= 0.3 is 0 Å². The van der Waals surface area contributed by atoms with Gasteiger partial charge in [-0.2, -0.15) is 0 Å². The van der Waals surface area contributed by atoms with Crippen LogP contribution in [0.5, 0.6) is 0 Å². The summed E-state index contributed by atoms with van der Waals surface area (Å²) in [4.78, 5) is 14.1. The number of carbonyl (C=O) groups excluding carboxylic acids is 1. The molecule has 1 unspecified atom stereocenters. The molecule has 0 fully saturated rings. The largest absolute Gasteiger partial charge is 0.346 e. The monoisotopic (exact) mass is 389 g/mol. The highest BCUT2D eigenvalue weighted by Gasteiger charge is 2.25. The summed E-state index contributed by atoms with van der Waals surface area (Å²) < 4.78 is 2.20. The number of rotatable bonds is 6. The Morgan fingerprint density at radius 3 is 2.59 bits per heavy atom. The molecule has 0 saturated heterocycles. The first-order valence-electron chi connectivity index (χ1n) is 9.58. The second kappa shape index (κ2) is 8.85. The molecule has 2 aromatic rings. The van der Waals surface area contributed by atoms with Crippen molar-refractivity contribution >= 4 is 17.5 Å². The molecule has 0 aliphatic carbocycles. The summed E-state index contributed by atoms with van der Waals surface area (Å²) in [6.07, 6.45) is 1.71. The number of nitrogens with one attached hydrogen (secondary N) is 1. The summed E-state index contributed by atoms with van der Waals surface area (Å²) in [6, 6.07) is 7.94. The Morgan fingerprint density at radius 2 is 1.93 bits per heavy atom. The third-order valence-electron chi connectivity index (χ3n) is 4.86. The maximum atomic E-state index is 11.7. The average Bonchev–Trinajstić information content (AvgIpc) is 2.90. The lowest BCUT2D eigenvalue weighted by Gasteiger charge is -2.22. The molecule has 1 atom stereocenters. The van der Waals surface area contributed by atoms with Crippen molar-refractivity contribution in [3.63, 3.8) is 0 Å². The summed E-state index contributed by atoms with van der Waals surface area (Å²) >= 11 is 5.98. The molecule has 0 spiro atoms. The second-order valence-corrected chi connectivity index (χ2v) is 8.10. The lowest BCUT2D eigenvalue weighted by Crippen LogP contribution is -2.31. The zero-order valence-corrected chi connectivity index (χ0v) is 17.0. The molecule has 1 aliphatic rings. The van der Waals surface area contributed by atoms with Crippen LogP contribution in [0, 0.1) is 5.92 Å². The first-order valence-corrected chi connectivity index (χ1v) is 9.96. The molecule has 0 radical (unpaired) electrons. The smallest absolute Gasteiger partial charge is 0.217 e. The molecule has 146 valence electrons. The molecule has 0 saturated carbocycles. The van der Waals surface area contributed by atoms with E-state index in [4.69, 9.17) is 11.6 Å². The molecule has 7 heteroatoms. The SMILES string of the molecule is CC(=O)NC(CC(C)C)c1nnc2n1CCN(Cc1ccc(Cl)cc1)CC2. The third-order valence-corrected chi connectivity index (χ3v) is 5.12. The summed E-state index contributed by atoms with van der Waals surface area (Å²) in [5, 5.41) is 12.7. The summed E-state index contributed by atoms with van der Waals surface area (Å²) in [7, 11) is 0. The van der Waals surface area contributed by atoms with Crippen LogP contribution in [0.25, 0.3) is 0 Å². The highest BCUT2D eigenvalue weighted by molar-refractivity contribution is 6.30. The molecule has 3 rings (SSSR count). The van der Waals surface area contributed by atoms with Crippen LogP contribution in [-0.2, 0) is 24.3 Å². The van der Waals surface area contributed by atoms with Gasteiger partial charge in [-0.15, -0.1) is 10.2 Å². The fourth-order valence-corrected chi connectivity index (χ4v) is 3.72. The van der Waals surface area contributed by atoms with E-state index in [1.54, 1.807) is 6.92 Å². The zero-order valence-electron chi connectivity index (χ0n) is 16.3. The summed E-state index contributed by atoms with van der Waals surface area (Å²) in [5.74, 6) is 2.31. The molecule has 1 N–H and O–H groups in total. The van der Waals surface area contributed by atoms with E-state index in [9.17, 15) is 4.79 Å². The molecule has 27 heavy (non-hydrogen) atoms. The van der Waals surface area contributed by atoms with Crippen molar-refractivity contribution in [3.05, 3.63) is 46.5 Å². The molecule has 1 aromatic carbocycles. The minimum Gasteiger partial charge on any atom is -0.346 e. The van der Waals surface area contributed by atoms with E-state index >= 15 is 0 Å². The van der Waals surface area contributed by atoms with Crippen molar-refractivity contribution in [2.24, 2.45) is 5.92 Å². The van der Waals surface area contributed by atoms with E-state index in [1.807, 2.05) is 12.1 Å². The maximum absolute atomic E-state index is 11.7. The third kappa shape index (κ3) is 5.30. The normalized spacial score (nSPS) is 16.0. The van der Waals surface area contributed by atoms with Crippen molar-refractivity contribution in [2.45, 2.75) is 52.7 Å². The number of benzene rings is 1. The van der Waals surface area contributed by atoms with E-state index in [-0.39, 0.29) is 11.9 Å². The van der Waals surface area contributed by atoms with Gasteiger partial charge in [-0.1, -0.05) is 37.6 Å². The number of carbonyl (C=O) groups is 1. The van der Waals surface area contributed by atoms with Gasteiger partial charge in [-0.3, -0.25) is 9.69 Å². The summed E-state index contributed by atoms with van der Waals surface area (Å²) in [6.45, 7) is 9.46. The molecule has 1 aromatic heterocycles. The minimum atomic E-state index is -0.0911. The van der Waals surface area contributed by atoms with Crippen LogP contribution in [0.1, 0.15) is 50.4 Å². The van der Waals surface area contributed by atoms with E-state index in [1.165, 1.54) is 5.56 Å². The van der Waals surface area contributed by atoms with E-state index in [0.717, 1.165) is 55.7 Å². The highest BCUT2D eigenvalue weighted by atomic mass is 35.5. The number of halogens is 1. The number of aromatic nitrogens is 3. The first-order chi connectivity index (χ1) is 12.9.